The predicted octanol–water partition coefficient (Wildman–Crippen LogP) is 3.73. The molecule has 0 aliphatic carbocycles. The highest BCUT2D eigenvalue weighted by molar-refractivity contribution is 9.10. The molecule has 2 atom stereocenters. The van der Waals surface area contributed by atoms with Gasteiger partial charge in [0.15, 0.2) is 0 Å². The highest BCUT2D eigenvalue weighted by Crippen LogP contribution is 2.23. The summed E-state index contributed by atoms with van der Waals surface area (Å²) < 4.78 is 1.03. The standard InChI is InChI=1S/C9H11Br2N/c1-6(7(2)10)9-4-3-8(11)5-12-9/h3-7H,1-2H3. The molecular weight excluding hydrogens is 282 g/mol. The minimum absolute atomic E-state index is 0.457. The minimum Gasteiger partial charge on any atom is -0.260 e. The zero-order valence-electron chi connectivity index (χ0n) is 7.09. The summed E-state index contributed by atoms with van der Waals surface area (Å²) in [6, 6.07) is 4.07. The molecule has 1 aromatic rings. The Morgan fingerprint density at radius 2 is 2.00 bits per heavy atom. The van der Waals surface area contributed by atoms with Crippen LogP contribution in [0.5, 0.6) is 0 Å². The molecule has 0 bridgehead atoms. The molecule has 0 saturated carbocycles. The van der Waals surface area contributed by atoms with Crippen LogP contribution < -0.4 is 0 Å². The molecule has 12 heavy (non-hydrogen) atoms. The Kier molecular flexibility index (Phi) is 3.72. The van der Waals surface area contributed by atoms with Crippen molar-refractivity contribution in [1.82, 2.24) is 4.98 Å². The van der Waals surface area contributed by atoms with Crippen LogP contribution in [0, 0.1) is 0 Å². The van der Waals surface area contributed by atoms with E-state index in [2.05, 4.69) is 50.7 Å². The lowest BCUT2D eigenvalue weighted by molar-refractivity contribution is 0.733. The Balaban J connectivity index is 2.82. The van der Waals surface area contributed by atoms with Gasteiger partial charge in [-0.05, 0) is 28.1 Å². The normalized spacial score (nSPS) is 15.7. The largest absolute Gasteiger partial charge is 0.260 e. The summed E-state index contributed by atoms with van der Waals surface area (Å²) in [6.45, 7) is 4.30. The second kappa shape index (κ2) is 4.38. The second-order valence-electron chi connectivity index (χ2n) is 2.87. The van der Waals surface area contributed by atoms with Crippen LogP contribution in [0.1, 0.15) is 25.5 Å². The highest BCUT2D eigenvalue weighted by Gasteiger charge is 2.11. The predicted molar refractivity (Wildman–Crippen MR) is 58.7 cm³/mol. The number of hydrogen-bond donors (Lipinski definition) is 0. The number of aromatic nitrogens is 1. The number of hydrogen-bond acceptors (Lipinski definition) is 1. The molecule has 1 nitrogen and oxygen atoms in total. The van der Waals surface area contributed by atoms with Crippen molar-refractivity contribution in [2.24, 2.45) is 0 Å². The summed E-state index contributed by atoms with van der Waals surface area (Å²) in [4.78, 5) is 4.79. The van der Waals surface area contributed by atoms with Gasteiger partial charge < -0.3 is 0 Å². The Labute approximate surface area is 89.8 Å². The maximum Gasteiger partial charge on any atom is 0.0443 e. The summed E-state index contributed by atoms with van der Waals surface area (Å²) in [7, 11) is 0. The first-order valence-electron chi connectivity index (χ1n) is 3.87. The number of rotatable bonds is 2. The van der Waals surface area contributed by atoms with Gasteiger partial charge in [0.25, 0.3) is 0 Å². The smallest absolute Gasteiger partial charge is 0.0443 e. The van der Waals surface area contributed by atoms with Gasteiger partial charge in [-0.15, -0.1) is 0 Å². The molecule has 0 spiro atoms. The summed E-state index contributed by atoms with van der Waals surface area (Å²) in [6.07, 6.45) is 1.83. The van der Waals surface area contributed by atoms with Gasteiger partial charge in [-0.3, -0.25) is 4.98 Å². The van der Waals surface area contributed by atoms with Crippen molar-refractivity contribution >= 4 is 31.9 Å². The van der Waals surface area contributed by atoms with Crippen molar-refractivity contribution in [3.63, 3.8) is 0 Å². The van der Waals surface area contributed by atoms with Crippen LogP contribution in [0.2, 0.25) is 0 Å². The summed E-state index contributed by atoms with van der Waals surface area (Å²) in [5.41, 5.74) is 1.13. The molecule has 1 aromatic heterocycles. The lowest BCUT2D eigenvalue weighted by Gasteiger charge is -2.12. The van der Waals surface area contributed by atoms with Crippen molar-refractivity contribution < 1.29 is 0 Å². The molecule has 2 unspecified atom stereocenters. The number of nitrogens with zero attached hydrogens (tertiary/aromatic N) is 1. The monoisotopic (exact) mass is 291 g/mol. The lowest BCUT2D eigenvalue weighted by Crippen LogP contribution is -2.05. The first-order chi connectivity index (χ1) is 5.61. The van der Waals surface area contributed by atoms with Gasteiger partial charge in [0, 0.05) is 27.1 Å². The quantitative estimate of drug-likeness (QED) is 0.757. The zero-order chi connectivity index (χ0) is 9.14. The van der Waals surface area contributed by atoms with Gasteiger partial charge >= 0.3 is 0 Å². The first-order valence-corrected chi connectivity index (χ1v) is 5.57. The van der Waals surface area contributed by atoms with Crippen LogP contribution in [-0.4, -0.2) is 9.81 Å². The van der Waals surface area contributed by atoms with Crippen molar-refractivity contribution in [3.8, 4) is 0 Å². The molecule has 66 valence electrons. The van der Waals surface area contributed by atoms with Crippen molar-refractivity contribution in [3.05, 3.63) is 28.5 Å². The molecule has 0 saturated heterocycles. The Morgan fingerprint density at radius 3 is 2.42 bits per heavy atom. The van der Waals surface area contributed by atoms with E-state index in [1.807, 2.05) is 18.3 Å². The number of alkyl halides is 1. The van der Waals surface area contributed by atoms with Gasteiger partial charge in [0.05, 0.1) is 0 Å². The molecule has 0 aliphatic heterocycles. The van der Waals surface area contributed by atoms with E-state index in [0.717, 1.165) is 10.2 Å². The van der Waals surface area contributed by atoms with E-state index in [0.29, 0.717) is 10.7 Å². The number of halogens is 2. The SMILES string of the molecule is CC(Br)C(C)c1ccc(Br)cn1. The van der Waals surface area contributed by atoms with Crippen LogP contribution in [0.15, 0.2) is 22.8 Å². The third-order valence-electron chi connectivity index (χ3n) is 1.91. The van der Waals surface area contributed by atoms with Crippen LogP contribution in [-0.2, 0) is 0 Å². The minimum atomic E-state index is 0.457. The van der Waals surface area contributed by atoms with Crippen molar-refractivity contribution in [1.29, 1.82) is 0 Å². The van der Waals surface area contributed by atoms with Crippen LogP contribution in [0.3, 0.4) is 0 Å². The third-order valence-corrected chi connectivity index (χ3v) is 3.17. The van der Waals surface area contributed by atoms with E-state index >= 15 is 0 Å². The average molecular weight is 293 g/mol. The van der Waals surface area contributed by atoms with E-state index in [1.54, 1.807) is 0 Å². The Morgan fingerprint density at radius 1 is 1.33 bits per heavy atom. The highest BCUT2D eigenvalue weighted by atomic mass is 79.9. The molecule has 0 N–H and O–H groups in total. The fraction of sp³-hybridized carbons (Fsp3) is 0.444. The average Bonchev–Trinajstić information content (AvgIpc) is 2.04. The van der Waals surface area contributed by atoms with Crippen molar-refractivity contribution in [2.75, 3.05) is 0 Å². The van der Waals surface area contributed by atoms with E-state index in [9.17, 15) is 0 Å². The first kappa shape index (κ1) is 10.2. The van der Waals surface area contributed by atoms with E-state index in [4.69, 9.17) is 0 Å². The van der Waals surface area contributed by atoms with Gasteiger partial charge in [-0.2, -0.15) is 0 Å². The molecule has 0 aliphatic rings. The summed E-state index contributed by atoms with van der Waals surface area (Å²) >= 11 is 6.90. The van der Waals surface area contributed by atoms with E-state index in [1.165, 1.54) is 0 Å². The summed E-state index contributed by atoms with van der Waals surface area (Å²) in [5.74, 6) is 0.457. The molecule has 0 fully saturated rings. The van der Waals surface area contributed by atoms with Gasteiger partial charge in [0.2, 0.25) is 0 Å². The van der Waals surface area contributed by atoms with Crippen molar-refractivity contribution in [2.45, 2.75) is 24.6 Å². The molecule has 0 aromatic carbocycles. The molecular formula is C9H11Br2N. The van der Waals surface area contributed by atoms with Gasteiger partial charge in [0.1, 0.15) is 0 Å². The fourth-order valence-electron chi connectivity index (χ4n) is 0.892. The van der Waals surface area contributed by atoms with Gasteiger partial charge in [-0.25, -0.2) is 0 Å². The zero-order valence-corrected chi connectivity index (χ0v) is 10.3. The molecule has 1 rings (SSSR count). The van der Waals surface area contributed by atoms with E-state index in [-0.39, 0.29) is 0 Å². The van der Waals surface area contributed by atoms with E-state index < -0.39 is 0 Å². The Bertz CT molecular complexity index is 243. The molecule has 1 heterocycles. The molecule has 3 heteroatoms. The topological polar surface area (TPSA) is 12.9 Å². The van der Waals surface area contributed by atoms with Crippen LogP contribution in [0.25, 0.3) is 0 Å². The van der Waals surface area contributed by atoms with Crippen LogP contribution in [0.4, 0.5) is 0 Å². The number of pyridine rings is 1. The molecule has 0 amide bonds. The van der Waals surface area contributed by atoms with Crippen LogP contribution >= 0.6 is 31.9 Å². The fourth-order valence-corrected chi connectivity index (χ4v) is 1.40. The Hall–Kier alpha value is 0.110. The third kappa shape index (κ3) is 2.56. The molecule has 0 radical (unpaired) electrons. The second-order valence-corrected chi connectivity index (χ2v) is 5.23. The maximum absolute atomic E-state index is 4.32. The maximum atomic E-state index is 4.32. The van der Waals surface area contributed by atoms with Gasteiger partial charge in [-0.1, -0.05) is 29.8 Å². The summed E-state index contributed by atoms with van der Waals surface area (Å²) in [5, 5.41) is 0. The lowest BCUT2D eigenvalue weighted by atomic mass is 10.0.